The summed E-state index contributed by atoms with van der Waals surface area (Å²) in [5, 5.41) is 7.92. The number of hydrogen-bond donors (Lipinski definition) is 3. The molecule has 0 atom stereocenters. The van der Waals surface area contributed by atoms with Crippen LogP contribution >= 0.6 is 0 Å². The Morgan fingerprint density at radius 3 is 2.30 bits per heavy atom. The molecule has 0 aromatic heterocycles. The Morgan fingerprint density at radius 2 is 1.63 bits per heavy atom. The molecule has 0 radical (unpaired) electrons. The van der Waals surface area contributed by atoms with Gasteiger partial charge in [0.2, 0.25) is 11.8 Å². The number of carbonyl (C=O) groups excluding carboxylic acids is 3. The number of amides is 3. The van der Waals surface area contributed by atoms with Crippen LogP contribution in [0.3, 0.4) is 0 Å². The van der Waals surface area contributed by atoms with Crippen molar-refractivity contribution in [3.63, 3.8) is 0 Å². The molecule has 7 nitrogen and oxygen atoms in total. The van der Waals surface area contributed by atoms with Crippen LogP contribution in [-0.4, -0.2) is 30.9 Å². The van der Waals surface area contributed by atoms with Gasteiger partial charge in [-0.1, -0.05) is 12.1 Å². The van der Waals surface area contributed by atoms with E-state index in [1.54, 1.807) is 24.3 Å². The molecule has 3 amide bonds. The molecule has 0 fully saturated rings. The van der Waals surface area contributed by atoms with E-state index in [4.69, 9.17) is 4.74 Å². The summed E-state index contributed by atoms with van der Waals surface area (Å²) in [5.41, 5.74) is 3.44. The van der Waals surface area contributed by atoms with E-state index in [0.717, 1.165) is 16.8 Å². The van der Waals surface area contributed by atoms with Crippen LogP contribution in [0.1, 0.15) is 18.1 Å². The first-order valence-electron chi connectivity index (χ1n) is 8.48. The number of hydrogen-bond acceptors (Lipinski definition) is 4. The molecule has 27 heavy (non-hydrogen) atoms. The predicted molar refractivity (Wildman–Crippen MR) is 104 cm³/mol. The van der Waals surface area contributed by atoms with Gasteiger partial charge in [-0.3, -0.25) is 14.4 Å². The van der Waals surface area contributed by atoms with Crippen molar-refractivity contribution >= 4 is 29.1 Å². The van der Waals surface area contributed by atoms with Crippen LogP contribution in [0.2, 0.25) is 0 Å². The van der Waals surface area contributed by atoms with E-state index < -0.39 is 5.91 Å². The minimum atomic E-state index is -0.406. The summed E-state index contributed by atoms with van der Waals surface area (Å²) in [5.74, 6) is -0.393. The number of benzene rings is 2. The minimum Gasteiger partial charge on any atom is -0.484 e. The highest BCUT2D eigenvalue weighted by Gasteiger charge is 2.09. The first-order chi connectivity index (χ1) is 12.8. The minimum absolute atomic E-state index is 0.142. The Balaban J connectivity index is 1.75. The molecule has 142 valence electrons. The zero-order valence-electron chi connectivity index (χ0n) is 15.6. The summed E-state index contributed by atoms with van der Waals surface area (Å²) in [7, 11) is 0. The molecular formula is C20H23N3O4. The first-order valence-corrected chi connectivity index (χ1v) is 8.48. The number of nitrogens with one attached hydrogen (secondary N) is 3. The maximum atomic E-state index is 12.0. The molecule has 0 heterocycles. The average molecular weight is 369 g/mol. The van der Waals surface area contributed by atoms with Gasteiger partial charge in [-0.05, 0) is 55.3 Å². The van der Waals surface area contributed by atoms with Crippen LogP contribution in [0.4, 0.5) is 11.4 Å². The predicted octanol–water partition coefficient (Wildman–Crippen LogP) is 2.40. The van der Waals surface area contributed by atoms with Gasteiger partial charge >= 0.3 is 0 Å². The van der Waals surface area contributed by atoms with E-state index in [0.29, 0.717) is 11.4 Å². The Kier molecular flexibility index (Phi) is 6.93. The van der Waals surface area contributed by atoms with Crippen molar-refractivity contribution in [2.75, 3.05) is 23.8 Å². The zero-order chi connectivity index (χ0) is 19.8. The normalized spacial score (nSPS) is 10.0. The molecule has 0 aliphatic rings. The topological polar surface area (TPSA) is 96.5 Å². The third kappa shape index (κ3) is 6.47. The van der Waals surface area contributed by atoms with Crippen molar-refractivity contribution < 1.29 is 19.1 Å². The van der Waals surface area contributed by atoms with E-state index in [9.17, 15) is 14.4 Å². The summed E-state index contributed by atoms with van der Waals surface area (Å²) in [6, 6.07) is 12.3. The van der Waals surface area contributed by atoms with E-state index in [1.165, 1.54) is 6.92 Å². The highest BCUT2D eigenvalue weighted by molar-refractivity contribution is 5.95. The van der Waals surface area contributed by atoms with Crippen molar-refractivity contribution in [3.05, 3.63) is 53.6 Å². The van der Waals surface area contributed by atoms with Gasteiger partial charge in [0.15, 0.2) is 6.61 Å². The van der Waals surface area contributed by atoms with Gasteiger partial charge in [0.1, 0.15) is 5.75 Å². The lowest BCUT2D eigenvalue weighted by Crippen LogP contribution is -2.35. The Bertz CT molecular complexity index is 832. The third-order valence-corrected chi connectivity index (χ3v) is 3.87. The lowest BCUT2D eigenvalue weighted by Gasteiger charge is -2.11. The summed E-state index contributed by atoms with van der Waals surface area (Å²) < 4.78 is 5.36. The molecule has 0 bridgehead atoms. The average Bonchev–Trinajstić information content (AvgIpc) is 2.63. The molecule has 0 unspecified atom stereocenters. The summed E-state index contributed by atoms with van der Waals surface area (Å²) in [6.45, 7) is 4.96. The molecule has 0 spiro atoms. The van der Waals surface area contributed by atoms with E-state index in [1.807, 2.05) is 32.0 Å². The van der Waals surface area contributed by atoms with E-state index in [-0.39, 0.29) is 25.0 Å². The maximum Gasteiger partial charge on any atom is 0.258 e. The second-order valence-electron chi connectivity index (χ2n) is 6.07. The molecule has 0 aliphatic heterocycles. The van der Waals surface area contributed by atoms with Crippen LogP contribution in [-0.2, 0) is 14.4 Å². The van der Waals surface area contributed by atoms with Gasteiger partial charge in [0.05, 0.1) is 6.54 Å². The monoisotopic (exact) mass is 369 g/mol. The van der Waals surface area contributed by atoms with Crippen molar-refractivity contribution in [1.82, 2.24) is 5.32 Å². The van der Waals surface area contributed by atoms with Gasteiger partial charge in [0.25, 0.3) is 5.91 Å². The lowest BCUT2D eigenvalue weighted by atomic mass is 10.1. The standard InChI is InChI=1S/C20H23N3O4/c1-13-5-4-6-18(14(13)2)23-19(25)11-21-20(26)12-27-17-9-7-16(8-10-17)22-15(3)24/h4-10H,11-12H2,1-3H3,(H,21,26)(H,22,24)(H,23,25). The van der Waals surface area contributed by atoms with Gasteiger partial charge < -0.3 is 20.7 Å². The van der Waals surface area contributed by atoms with Crippen LogP contribution in [0.25, 0.3) is 0 Å². The fourth-order valence-electron chi connectivity index (χ4n) is 2.30. The van der Waals surface area contributed by atoms with Gasteiger partial charge in [0, 0.05) is 18.3 Å². The number of carbonyl (C=O) groups is 3. The third-order valence-electron chi connectivity index (χ3n) is 3.87. The fraction of sp³-hybridized carbons (Fsp3) is 0.250. The second-order valence-corrected chi connectivity index (χ2v) is 6.07. The molecule has 2 rings (SSSR count). The first kappa shape index (κ1) is 20.0. The molecule has 2 aromatic carbocycles. The lowest BCUT2D eigenvalue weighted by molar-refractivity contribution is -0.125. The fourth-order valence-corrected chi connectivity index (χ4v) is 2.30. The number of rotatable bonds is 7. The van der Waals surface area contributed by atoms with Crippen molar-refractivity contribution in [3.8, 4) is 5.75 Å². The highest BCUT2D eigenvalue weighted by Crippen LogP contribution is 2.17. The van der Waals surface area contributed by atoms with Crippen LogP contribution in [0, 0.1) is 13.8 Å². The maximum absolute atomic E-state index is 12.0. The van der Waals surface area contributed by atoms with Crippen LogP contribution in [0.5, 0.6) is 5.75 Å². The van der Waals surface area contributed by atoms with E-state index in [2.05, 4.69) is 16.0 Å². The summed E-state index contributed by atoms with van der Waals surface area (Å²) in [4.78, 5) is 34.8. The molecule has 2 aromatic rings. The molecule has 0 saturated heterocycles. The smallest absolute Gasteiger partial charge is 0.258 e. The summed E-state index contributed by atoms with van der Waals surface area (Å²) >= 11 is 0. The van der Waals surface area contributed by atoms with Crippen molar-refractivity contribution in [1.29, 1.82) is 0 Å². The summed E-state index contributed by atoms with van der Waals surface area (Å²) in [6.07, 6.45) is 0. The molecule has 0 saturated carbocycles. The number of anilines is 2. The molecule has 0 aliphatic carbocycles. The SMILES string of the molecule is CC(=O)Nc1ccc(OCC(=O)NCC(=O)Nc2cccc(C)c2C)cc1. The zero-order valence-corrected chi connectivity index (χ0v) is 15.6. The Morgan fingerprint density at radius 1 is 0.926 bits per heavy atom. The largest absolute Gasteiger partial charge is 0.484 e. The van der Waals surface area contributed by atoms with Gasteiger partial charge in [-0.15, -0.1) is 0 Å². The van der Waals surface area contributed by atoms with Crippen molar-refractivity contribution in [2.24, 2.45) is 0 Å². The van der Waals surface area contributed by atoms with Crippen LogP contribution in [0.15, 0.2) is 42.5 Å². The molecule has 7 heteroatoms. The van der Waals surface area contributed by atoms with Gasteiger partial charge in [-0.25, -0.2) is 0 Å². The highest BCUT2D eigenvalue weighted by atomic mass is 16.5. The van der Waals surface area contributed by atoms with Crippen molar-refractivity contribution in [2.45, 2.75) is 20.8 Å². The number of aryl methyl sites for hydroxylation is 1. The number of ether oxygens (including phenoxy) is 1. The van der Waals surface area contributed by atoms with E-state index >= 15 is 0 Å². The Hall–Kier alpha value is -3.35. The molecular weight excluding hydrogens is 346 g/mol. The quantitative estimate of drug-likeness (QED) is 0.698. The van der Waals surface area contributed by atoms with Crippen LogP contribution < -0.4 is 20.7 Å². The second kappa shape index (κ2) is 9.38. The molecule has 3 N–H and O–H groups in total. The Labute approximate surface area is 158 Å². The van der Waals surface area contributed by atoms with Gasteiger partial charge in [-0.2, -0.15) is 0 Å².